The van der Waals surface area contributed by atoms with Crippen molar-refractivity contribution in [1.82, 2.24) is 15.1 Å². The van der Waals surface area contributed by atoms with Crippen LogP contribution < -0.4 is 5.32 Å². The minimum atomic E-state index is -0.269. The van der Waals surface area contributed by atoms with Gasteiger partial charge in [0, 0.05) is 12.6 Å². The zero-order valence-electron chi connectivity index (χ0n) is 12.3. The van der Waals surface area contributed by atoms with Crippen molar-refractivity contribution in [3.05, 3.63) is 0 Å². The topological polar surface area (TPSA) is 52.7 Å². The van der Waals surface area contributed by atoms with Gasteiger partial charge in [-0.3, -0.25) is 14.5 Å². The van der Waals surface area contributed by atoms with Crippen molar-refractivity contribution < 1.29 is 9.59 Å². The van der Waals surface area contributed by atoms with Crippen LogP contribution in [0.25, 0.3) is 0 Å². The van der Waals surface area contributed by atoms with Crippen molar-refractivity contribution in [3.8, 4) is 0 Å². The standard InChI is InChI=1S/C15H25N3O2/c1-17-7-6-11(10-17)9-16-13-8-14(19)18(15(13)20)12-4-2-3-5-12/h11-13,16H,2-10H2,1H3. The highest BCUT2D eigenvalue weighted by Crippen LogP contribution is 2.28. The van der Waals surface area contributed by atoms with E-state index in [0.717, 1.165) is 45.3 Å². The van der Waals surface area contributed by atoms with E-state index >= 15 is 0 Å². The molecule has 2 unspecified atom stereocenters. The SMILES string of the molecule is CN1CCC(CNC2CC(=O)N(C3CCCC3)C2=O)C1. The predicted octanol–water partition coefficient (Wildman–Crippen LogP) is 0.598. The summed E-state index contributed by atoms with van der Waals surface area (Å²) in [6, 6.07) is -0.0894. The smallest absolute Gasteiger partial charge is 0.247 e. The van der Waals surface area contributed by atoms with Crippen molar-refractivity contribution in [2.75, 3.05) is 26.7 Å². The molecule has 1 N–H and O–H groups in total. The molecular weight excluding hydrogens is 254 g/mol. The molecule has 3 rings (SSSR count). The van der Waals surface area contributed by atoms with Crippen molar-refractivity contribution >= 4 is 11.8 Å². The van der Waals surface area contributed by atoms with Crippen LogP contribution in [0, 0.1) is 5.92 Å². The fraction of sp³-hybridized carbons (Fsp3) is 0.867. The second-order valence-electron chi connectivity index (χ2n) is 6.62. The first-order valence-electron chi connectivity index (χ1n) is 7.93. The number of nitrogens with zero attached hydrogens (tertiary/aromatic N) is 2. The van der Waals surface area contributed by atoms with E-state index in [9.17, 15) is 9.59 Å². The maximum Gasteiger partial charge on any atom is 0.247 e. The van der Waals surface area contributed by atoms with E-state index in [-0.39, 0.29) is 23.9 Å². The molecule has 2 aliphatic heterocycles. The number of hydrogen-bond donors (Lipinski definition) is 1. The summed E-state index contributed by atoms with van der Waals surface area (Å²) in [5, 5.41) is 3.34. The second kappa shape index (κ2) is 5.82. The Morgan fingerprint density at radius 3 is 2.60 bits per heavy atom. The van der Waals surface area contributed by atoms with Crippen molar-refractivity contribution in [2.24, 2.45) is 5.92 Å². The predicted molar refractivity (Wildman–Crippen MR) is 76.1 cm³/mol. The minimum Gasteiger partial charge on any atom is -0.306 e. The summed E-state index contributed by atoms with van der Waals surface area (Å²) in [6.45, 7) is 3.08. The van der Waals surface area contributed by atoms with Crippen LogP contribution in [0.2, 0.25) is 0 Å². The van der Waals surface area contributed by atoms with E-state index in [1.807, 2.05) is 0 Å². The van der Waals surface area contributed by atoms with Gasteiger partial charge in [-0.2, -0.15) is 0 Å². The zero-order chi connectivity index (χ0) is 14.1. The quantitative estimate of drug-likeness (QED) is 0.766. The summed E-state index contributed by atoms with van der Waals surface area (Å²) in [4.78, 5) is 28.4. The van der Waals surface area contributed by atoms with E-state index < -0.39 is 0 Å². The van der Waals surface area contributed by atoms with Crippen LogP contribution in [0.5, 0.6) is 0 Å². The second-order valence-corrected chi connectivity index (χ2v) is 6.62. The number of rotatable bonds is 4. The lowest BCUT2D eigenvalue weighted by Gasteiger charge is -2.22. The Labute approximate surface area is 120 Å². The third kappa shape index (κ3) is 2.74. The molecule has 2 heterocycles. The highest BCUT2D eigenvalue weighted by atomic mass is 16.2. The largest absolute Gasteiger partial charge is 0.306 e. The fourth-order valence-corrected chi connectivity index (χ4v) is 3.86. The molecule has 0 aromatic heterocycles. The first-order valence-corrected chi connectivity index (χ1v) is 7.93. The van der Waals surface area contributed by atoms with Crippen molar-refractivity contribution in [2.45, 2.75) is 50.6 Å². The summed E-state index contributed by atoms with van der Waals surface area (Å²) < 4.78 is 0. The number of hydrogen-bond acceptors (Lipinski definition) is 4. The molecular formula is C15H25N3O2. The van der Waals surface area contributed by atoms with Crippen LogP contribution in [-0.2, 0) is 9.59 Å². The molecule has 1 saturated carbocycles. The third-order valence-corrected chi connectivity index (χ3v) is 5.01. The molecule has 3 aliphatic rings. The van der Waals surface area contributed by atoms with Crippen LogP contribution in [0.1, 0.15) is 38.5 Å². The molecule has 0 spiro atoms. The summed E-state index contributed by atoms with van der Waals surface area (Å²) in [5.74, 6) is 0.666. The molecule has 0 radical (unpaired) electrons. The summed E-state index contributed by atoms with van der Waals surface area (Å²) in [7, 11) is 2.13. The lowest BCUT2D eigenvalue weighted by molar-refractivity contribution is -0.141. The van der Waals surface area contributed by atoms with E-state index in [1.54, 1.807) is 4.90 Å². The number of amides is 2. The molecule has 5 heteroatoms. The maximum atomic E-state index is 12.4. The van der Waals surface area contributed by atoms with Gasteiger partial charge >= 0.3 is 0 Å². The van der Waals surface area contributed by atoms with Gasteiger partial charge in [0.1, 0.15) is 0 Å². The van der Waals surface area contributed by atoms with Gasteiger partial charge in [-0.25, -0.2) is 0 Å². The molecule has 112 valence electrons. The van der Waals surface area contributed by atoms with Crippen LogP contribution in [-0.4, -0.2) is 60.4 Å². The Bertz CT molecular complexity index is 393. The van der Waals surface area contributed by atoms with Gasteiger partial charge in [0.15, 0.2) is 0 Å². The first kappa shape index (κ1) is 14.0. The molecule has 1 aliphatic carbocycles. The van der Waals surface area contributed by atoms with Gasteiger partial charge < -0.3 is 10.2 Å². The summed E-state index contributed by atoms with van der Waals surface area (Å²) >= 11 is 0. The van der Waals surface area contributed by atoms with Gasteiger partial charge in [-0.1, -0.05) is 12.8 Å². The molecule has 0 bridgehead atoms. The normalized spacial score (nSPS) is 32.8. The molecule has 0 aromatic carbocycles. The lowest BCUT2D eigenvalue weighted by Crippen LogP contribution is -2.44. The van der Waals surface area contributed by atoms with Gasteiger partial charge in [-0.05, 0) is 45.3 Å². The Morgan fingerprint density at radius 1 is 1.20 bits per heavy atom. The monoisotopic (exact) mass is 279 g/mol. The number of carbonyl (C=O) groups excluding carboxylic acids is 2. The first-order chi connectivity index (χ1) is 9.65. The maximum absolute atomic E-state index is 12.4. The minimum absolute atomic E-state index is 0.0215. The average Bonchev–Trinajstić information content (AvgIpc) is 3.10. The molecule has 20 heavy (non-hydrogen) atoms. The van der Waals surface area contributed by atoms with Crippen molar-refractivity contribution in [3.63, 3.8) is 0 Å². The van der Waals surface area contributed by atoms with Crippen LogP contribution in [0.3, 0.4) is 0 Å². The Morgan fingerprint density at radius 2 is 1.95 bits per heavy atom. The molecule has 3 fully saturated rings. The van der Waals surface area contributed by atoms with Crippen molar-refractivity contribution in [1.29, 1.82) is 0 Å². The highest BCUT2D eigenvalue weighted by Gasteiger charge is 2.42. The Balaban J connectivity index is 1.53. The van der Waals surface area contributed by atoms with Crippen LogP contribution >= 0.6 is 0 Å². The number of imide groups is 1. The molecule has 0 aromatic rings. The van der Waals surface area contributed by atoms with Gasteiger partial charge in [-0.15, -0.1) is 0 Å². The van der Waals surface area contributed by atoms with E-state index in [2.05, 4.69) is 17.3 Å². The summed E-state index contributed by atoms with van der Waals surface area (Å²) in [5.41, 5.74) is 0. The molecule has 2 atom stereocenters. The van der Waals surface area contributed by atoms with Crippen LogP contribution in [0.4, 0.5) is 0 Å². The molecule has 2 amide bonds. The van der Waals surface area contributed by atoms with E-state index in [1.165, 1.54) is 6.42 Å². The zero-order valence-corrected chi connectivity index (χ0v) is 12.3. The Hall–Kier alpha value is -0.940. The molecule has 5 nitrogen and oxygen atoms in total. The van der Waals surface area contributed by atoms with E-state index in [4.69, 9.17) is 0 Å². The summed E-state index contributed by atoms with van der Waals surface area (Å²) in [6.07, 6.45) is 5.83. The third-order valence-electron chi connectivity index (χ3n) is 5.01. The van der Waals surface area contributed by atoms with Crippen LogP contribution in [0.15, 0.2) is 0 Å². The highest BCUT2D eigenvalue weighted by molar-refractivity contribution is 6.05. The average molecular weight is 279 g/mol. The van der Waals surface area contributed by atoms with Gasteiger partial charge in [0.2, 0.25) is 11.8 Å². The number of likely N-dealkylation sites (tertiary alicyclic amines) is 2. The molecule has 2 saturated heterocycles. The number of carbonyl (C=O) groups is 2. The van der Waals surface area contributed by atoms with E-state index in [0.29, 0.717) is 12.3 Å². The van der Waals surface area contributed by atoms with Gasteiger partial charge in [0.05, 0.1) is 12.5 Å². The lowest BCUT2D eigenvalue weighted by atomic mass is 10.1. The van der Waals surface area contributed by atoms with Gasteiger partial charge in [0.25, 0.3) is 0 Å². The Kier molecular flexibility index (Phi) is 4.08. The number of nitrogens with one attached hydrogen (secondary N) is 1. The fourth-order valence-electron chi connectivity index (χ4n) is 3.86.